The van der Waals surface area contributed by atoms with Gasteiger partial charge in [-0.25, -0.2) is 0 Å². The van der Waals surface area contributed by atoms with E-state index in [0.29, 0.717) is 0 Å². The summed E-state index contributed by atoms with van der Waals surface area (Å²) in [6.45, 7) is 4.28. The van der Waals surface area contributed by atoms with Gasteiger partial charge in [-0.3, -0.25) is 4.98 Å². The minimum atomic E-state index is 0.888. The second-order valence-corrected chi connectivity index (χ2v) is 5.47. The van der Waals surface area contributed by atoms with Gasteiger partial charge in [-0.1, -0.05) is 23.8 Å². The average molecular weight is 277 g/mol. The highest BCUT2D eigenvalue weighted by Crippen LogP contribution is 2.24. The number of benzene rings is 2. The smallest absolute Gasteiger partial charge is 0.118 e. The Balaban J connectivity index is 2.05. The van der Waals surface area contributed by atoms with E-state index in [1.807, 2.05) is 18.3 Å². The van der Waals surface area contributed by atoms with Crippen molar-refractivity contribution in [2.24, 2.45) is 0 Å². The Bertz CT molecular complexity index is 775. The van der Waals surface area contributed by atoms with E-state index in [9.17, 15) is 0 Å². The molecular weight excluding hydrogens is 258 g/mol. The molecule has 3 aromatic rings. The first kappa shape index (κ1) is 13.6. The second-order valence-electron chi connectivity index (χ2n) is 5.47. The van der Waals surface area contributed by atoms with Gasteiger partial charge in [-0.15, -0.1) is 0 Å². The Hall–Kier alpha value is -2.35. The van der Waals surface area contributed by atoms with Gasteiger partial charge in [0.25, 0.3) is 0 Å². The van der Waals surface area contributed by atoms with E-state index in [1.54, 1.807) is 7.11 Å². The zero-order valence-electron chi connectivity index (χ0n) is 12.7. The quantitative estimate of drug-likeness (QED) is 0.705. The minimum Gasteiger partial charge on any atom is -0.497 e. The third-order valence-electron chi connectivity index (χ3n) is 3.84. The predicted octanol–water partition coefficient (Wildman–Crippen LogP) is 4.45. The summed E-state index contributed by atoms with van der Waals surface area (Å²) < 4.78 is 5.21. The van der Waals surface area contributed by atoms with Crippen LogP contribution in [0, 0.1) is 13.8 Å². The van der Waals surface area contributed by atoms with Crippen LogP contribution in [0.4, 0.5) is 0 Å². The lowest BCUT2D eigenvalue weighted by atomic mass is 9.98. The van der Waals surface area contributed by atoms with E-state index >= 15 is 0 Å². The fourth-order valence-corrected chi connectivity index (χ4v) is 2.72. The van der Waals surface area contributed by atoms with Crippen LogP contribution in [0.25, 0.3) is 10.9 Å². The summed E-state index contributed by atoms with van der Waals surface area (Å²) in [4.78, 5) is 4.59. The van der Waals surface area contributed by atoms with Crippen LogP contribution in [0.1, 0.15) is 22.3 Å². The first-order chi connectivity index (χ1) is 10.2. The highest BCUT2D eigenvalue weighted by molar-refractivity contribution is 5.85. The molecule has 0 aliphatic rings. The molecule has 2 nitrogen and oxygen atoms in total. The van der Waals surface area contributed by atoms with E-state index in [4.69, 9.17) is 4.74 Å². The summed E-state index contributed by atoms with van der Waals surface area (Å²) in [7, 11) is 1.69. The third kappa shape index (κ3) is 2.75. The Morgan fingerprint density at radius 2 is 1.76 bits per heavy atom. The monoisotopic (exact) mass is 277 g/mol. The number of nitrogens with zero attached hydrogens (tertiary/aromatic N) is 1. The van der Waals surface area contributed by atoms with Gasteiger partial charge in [-0.05, 0) is 61.2 Å². The fourth-order valence-electron chi connectivity index (χ4n) is 2.72. The highest BCUT2D eigenvalue weighted by Gasteiger charge is 2.07. The second kappa shape index (κ2) is 5.57. The van der Waals surface area contributed by atoms with Crippen LogP contribution < -0.4 is 4.74 Å². The van der Waals surface area contributed by atoms with Crippen molar-refractivity contribution >= 4 is 10.9 Å². The molecule has 0 amide bonds. The lowest BCUT2D eigenvalue weighted by Crippen LogP contribution is -1.95. The van der Waals surface area contributed by atoms with Crippen molar-refractivity contribution < 1.29 is 4.74 Å². The number of rotatable bonds is 3. The van der Waals surface area contributed by atoms with Crippen LogP contribution >= 0.6 is 0 Å². The number of aromatic nitrogens is 1. The largest absolute Gasteiger partial charge is 0.497 e. The zero-order chi connectivity index (χ0) is 14.8. The molecular formula is C19H19NO. The Morgan fingerprint density at radius 1 is 1.00 bits per heavy atom. The summed E-state index contributed by atoms with van der Waals surface area (Å²) in [5, 5.41) is 1.25. The molecule has 0 saturated heterocycles. The van der Waals surface area contributed by atoms with E-state index in [1.165, 1.54) is 27.6 Å². The van der Waals surface area contributed by atoms with E-state index in [2.05, 4.69) is 49.2 Å². The molecule has 0 spiro atoms. The number of ether oxygens (including phenoxy) is 1. The maximum Gasteiger partial charge on any atom is 0.118 e. The van der Waals surface area contributed by atoms with Crippen LogP contribution in [0.15, 0.2) is 48.7 Å². The van der Waals surface area contributed by atoms with Crippen molar-refractivity contribution in [2.75, 3.05) is 7.11 Å². The molecule has 0 radical (unpaired) electrons. The van der Waals surface area contributed by atoms with Crippen LogP contribution in [0.2, 0.25) is 0 Å². The molecule has 0 saturated carbocycles. The van der Waals surface area contributed by atoms with Gasteiger partial charge in [0.15, 0.2) is 0 Å². The summed E-state index contributed by atoms with van der Waals surface area (Å²) in [5.41, 5.74) is 6.21. The molecule has 0 fully saturated rings. The molecule has 3 rings (SSSR count). The molecule has 0 unspecified atom stereocenters. The van der Waals surface area contributed by atoms with Crippen LogP contribution in [-0.4, -0.2) is 12.1 Å². The first-order valence-electron chi connectivity index (χ1n) is 7.15. The van der Waals surface area contributed by atoms with Crippen molar-refractivity contribution in [3.63, 3.8) is 0 Å². The van der Waals surface area contributed by atoms with Crippen molar-refractivity contribution in [1.29, 1.82) is 0 Å². The van der Waals surface area contributed by atoms with E-state index < -0.39 is 0 Å². The molecule has 21 heavy (non-hydrogen) atoms. The number of aryl methyl sites for hydroxylation is 2. The van der Waals surface area contributed by atoms with Crippen LogP contribution in [-0.2, 0) is 6.42 Å². The van der Waals surface area contributed by atoms with Gasteiger partial charge in [0.1, 0.15) is 5.75 Å². The number of pyridine rings is 1. The van der Waals surface area contributed by atoms with Crippen molar-refractivity contribution in [3.8, 4) is 5.75 Å². The Morgan fingerprint density at radius 3 is 2.48 bits per heavy atom. The maximum atomic E-state index is 5.21. The number of hydrogen-bond donors (Lipinski definition) is 0. The lowest BCUT2D eigenvalue weighted by Gasteiger charge is -2.10. The standard InChI is InChI=1S/C19H19NO/c1-13-10-16(12-15-4-6-17(21-3)7-5-15)19-18(11-13)14(2)8-9-20-19/h4-11H,12H2,1-3H3. The van der Waals surface area contributed by atoms with E-state index in [0.717, 1.165) is 17.7 Å². The number of hydrogen-bond acceptors (Lipinski definition) is 2. The SMILES string of the molecule is COc1ccc(Cc2cc(C)cc3c(C)ccnc23)cc1. The first-order valence-corrected chi connectivity index (χ1v) is 7.15. The van der Waals surface area contributed by atoms with Crippen LogP contribution in [0.3, 0.4) is 0 Å². The topological polar surface area (TPSA) is 22.1 Å². The number of methoxy groups -OCH3 is 1. The Kier molecular flexibility index (Phi) is 3.61. The van der Waals surface area contributed by atoms with Crippen molar-refractivity contribution in [3.05, 3.63) is 70.9 Å². The van der Waals surface area contributed by atoms with Crippen molar-refractivity contribution in [1.82, 2.24) is 4.98 Å². The van der Waals surface area contributed by atoms with Gasteiger partial charge in [-0.2, -0.15) is 0 Å². The fraction of sp³-hybridized carbons (Fsp3) is 0.211. The average Bonchev–Trinajstić information content (AvgIpc) is 2.49. The summed E-state index contributed by atoms with van der Waals surface area (Å²) in [6.07, 6.45) is 2.78. The van der Waals surface area contributed by atoms with Crippen LogP contribution in [0.5, 0.6) is 5.75 Å². The molecule has 2 aromatic carbocycles. The molecule has 1 heterocycles. The van der Waals surface area contributed by atoms with Crippen molar-refractivity contribution in [2.45, 2.75) is 20.3 Å². The zero-order valence-corrected chi connectivity index (χ0v) is 12.7. The summed E-state index contributed by atoms with van der Waals surface area (Å²) >= 11 is 0. The highest BCUT2D eigenvalue weighted by atomic mass is 16.5. The summed E-state index contributed by atoms with van der Waals surface area (Å²) in [5.74, 6) is 0.891. The maximum absolute atomic E-state index is 5.21. The molecule has 0 N–H and O–H groups in total. The normalized spacial score (nSPS) is 10.8. The lowest BCUT2D eigenvalue weighted by molar-refractivity contribution is 0.414. The van der Waals surface area contributed by atoms with Gasteiger partial charge in [0, 0.05) is 11.6 Å². The van der Waals surface area contributed by atoms with Gasteiger partial charge in [0.2, 0.25) is 0 Å². The molecule has 106 valence electrons. The van der Waals surface area contributed by atoms with E-state index in [-0.39, 0.29) is 0 Å². The molecule has 0 aliphatic heterocycles. The Labute approximate surface area is 125 Å². The predicted molar refractivity (Wildman–Crippen MR) is 87.0 cm³/mol. The van der Waals surface area contributed by atoms with Gasteiger partial charge in [0.05, 0.1) is 12.6 Å². The van der Waals surface area contributed by atoms with Gasteiger partial charge >= 0.3 is 0 Å². The number of fused-ring (bicyclic) bond motifs is 1. The summed E-state index contributed by atoms with van der Waals surface area (Å²) in [6, 6.07) is 14.8. The molecule has 0 bridgehead atoms. The molecule has 1 aromatic heterocycles. The van der Waals surface area contributed by atoms with Gasteiger partial charge < -0.3 is 4.74 Å². The minimum absolute atomic E-state index is 0.888. The molecule has 0 aliphatic carbocycles. The molecule has 2 heteroatoms. The molecule has 0 atom stereocenters. The third-order valence-corrected chi connectivity index (χ3v) is 3.84.